The molecule has 1 aromatic carbocycles. The molecule has 0 fully saturated rings. The third-order valence-corrected chi connectivity index (χ3v) is 4.91. The molecular weight excluding hydrogens is 391 g/mol. The van der Waals surface area contributed by atoms with Gasteiger partial charge in [-0.05, 0) is 39.7 Å². The van der Waals surface area contributed by atoms with Crippen molar-refractivity contribution in [3.8, 4) is 5.75 Å². The van der Waals surface area contributed by atoms with Crippen LogP contribution >= 0.6 is 22.6 Å². The highest BCUT2D eigenvalue weighted by Crippen LogP contribution is 2.42. The molecule has 2 rings (SSSR count). The maximum atomic E-state index is 12.2. The maximum Gasteiger partial charge on any atom is 0.140 e. The Bertz CT molecular complexity index is 599. The van der Waals surface area contributed by atoms with Gasteiger partial charge in [-0.15, -0.1) is 0 Å². The average molecular weight is 414 g/mol. The van der Waals surface area contributed by atoms with Gasteiger partial charge in [0, 0.05) is 12.7 Å². The van der Waals surface area contributed by atoms with E-state index < -0.39 is 0 Å². The Morgan fingerprint density at radius 3 is 2.59 bits per heavy atom. The Morgan fingerprint density at radius 2 is 2.09 bits per heavy atom. The van der Waals surface area contributed by atoms with Gasteiger partial charge in [0.05, 0.1) is 12.0 Å². The monoisotopic (exact) mass is 414 g/mol. The molecular formula is C18H23IO3. The summed E-state index contributed by atoms with van der Waals surface area (Å²) in [6, 6.07) is 6.21. The van der Waals surface area contributed by atoms with Crippen LogP contribution in [0.3, 0.4) is 0 Å². The van der Waals surface area contributed by atoms with Crippen LogP contribution in [-0.4, -0.2) is 19.5 Å². The number of fused-ring (bicyclic) bond motifs is 1. The van der Waals surface area contributed by atoms with Crippen LogP contribution in [0.25, 0.3) is 0 Å². The molecule has 0 amide bonds. The number of hydrogen-bond donors (Lipinski definition) is 0. The second-order valence-corrected chi connectivity index (χ2v) is 7.34. The lowest BCUT2D eigenvalue weighted by Gasteiger charge is -2.26. The fourth-order valence-corrected chi connectivity index (χ4v) is 3.40. The van der Waals surface area contributed by atoms with Crippen molar-refractivity contribution in [2.24, 2.45) is 5.92 Å². The number of hydrogen-bond acceptors (Lipinski definition) is 3. The van der Waals surface area contributed by atoms with Crippen molar-refractivity contribution >= 4 is 28.4 Å². The summed E-state index contributed by atoms with van der Waals surface area (Å²) in [5, 5.41) is 0. The van der Waals surface area contributed by atoms with Gasteiger partial charge in [-0.2, -0.15) is 0 Å². The van der Waals surface area contributed by atoms with E-state index in [1.165, 1.54) is 5.56 Å². The number of ketones is 1. The zero-order valence-electron chi connectivity index (χ0n) is 13.8. The highest BCUT2D eigenvalue weighted by Gasteiger charge is 2.35. The topological polar surface area (TPSA) is 35.5 Å². The lowest BCUT2D eigenvalue weighted by molar-refractivity contribution is -0.123. The highest BCUT2D eigenvalue weighted by atomic mass is 127. The minimum absolute atomic E-state index is 0.0350. The van der Waals surface area contributed by atoms with E-state index in [1.807, 2.05) is 10.1 Å². The largest absolute Gasteiger partial charge is 0.489 e. The molecule has 2 atom stereocenters. The first-order chi connectivity index (χ1) is 10.3. The first-order valence-electron chi connectivity index (χ1n) is 7.39. The number of carbonyl (C=O) groups excluding carboxylic acids is 1. The highest BCUT2D eigenvalue weighted by molar-refractivity contribution is 14.1. The van der Waals surface area contributed by atoms with Crippen LogP contribution < -0.4 is 4.74 Å². The van der Waals surface area contributed by atoms with Gasteiger partial charge in [-0.3, -0.25) is 4.79 Å². The van der Waals surface area contributed by atoms with E-state index in [0.717, 1.165) is 16.9 Å². The van der Waals surface area contributed by atoms with E-state index >= 15 is 0 Å². The van der Waals surface area contributed by atoms with Crippen LogP contribution in [0.15, 0.2) is 27.9 Å². The van der Waals surface area contributed by atoms with Crippen molar-refractivity contribution in [3.63, 3.8) is 0 Å². The molecule has 1 heterocycles. The van der Waals surface area contributed by atoms with Crippen LogP contribution in [-0.2, 0) is 14.9 Å². The molecule has 4 heteroatoms. The van der Waals surface area contributed by atoms with Crippen molar-refractivity contribution in [2.75, 3.05) is 13.7 Å². The maximum absolute atomic E-state index is 12.2. The Balaban J connectivity index is 2.60. The Morgan fingerprint density at radius 1 is 1.41 bits per heavy atom. The predicted octanol–water partition coefficient (Wildman–Crippen LogP) is 4.59. The molecule has 1 aliphatic rings. The van der Waals surface area contributed by atoms with E-state index in [1.54, 1.807) is 14.0 Å². The van der Waals surface area contributed by atoms with Crippen molar-refractivity contribution in [1.29, 1.82) is 0 Å². The van der Waals surface area contributed by atoms with Gasteiger partial charge in [0.25, 0.3) is 0 Å². The van der Waals surface area contributed by atoms with Gasteiger partial charge in [0.1, 0.15) is 18.1 Å². The molecule has 0 N–H and O–H groups in total. The first kappa shape index (κ1) is 17.5. The lowest BCUT2D eigenvalue weighted by atomic mass is 9.82. The molecule has 0 bridgehead atoms. The van der Waals surface area contributed by atoms with Crippen LogP contribution in [0, 0.1) is 5.92 Å². The summed E-state index contributed by atoms with van der Waals surface area (Å²) in [7, 11) is 1.66. The molecule has 0 radical (unpaired) electrons. The molecule has 0 spiro atoms. The van der Waals surface area contributed by atoms with Crippen molar-refractivity contribution in [3.05, 3.63) is 39.0 Å². The molecule has 0 aromatic heterocycles. The standard InChI is InChI=1S/C18H23IO3/c1-11(20)16-12(9-19)10-22-15-7-6-13(18(2,3)4)8-14(15)17(16)21-5/h6-9,16-17H,10H2,1-5H3/b12-9+. The van der Waals surface area contributed by atoms with E-state index in [4.69, 9.17) is 9.47 Å². The zero-order chi connectivity index (χ0) is 16.5. The molecule has 1 aromatic rings. The van der Waals surface area contributed by atoms with Crippen LogP contribution in [0.5, 0.6) is 5.75 Å². The van der Waals surface area contributed by atoms with Crippen molar-refractivity contribution < 1.29 is 14.3 Å². The SMILES string of the molecule is COC1c2cc(C(C)(C)C)ccc2OC/C(=C\I)C1C(C)=O. The molecule has 1 aliphatic heterocycles. The van der Waals surface area contributed by atoms with Gasteiger partial charge >= 0.3 is 0 Å². The third-order valence-electron chi connectivity index (χ3n) is 4.11. The summed E-state index contributed by atoms with van der Waals surface area (Å²) in [6.07, 6.45) is -0.307. The minimum Gasteiger partial charge on any atom is -0.489 e. The Kier molecular flexibility index (Phi) is 5.33. The molecule has 2 unspecified atom stereocenters. The van der Waals surface area contributed by atoms with Gasteiger partial charge in [-0.25, -0.2) is 0 Å². The summed E-state index contributed by atoms with van der Waals surface area (Å²) >= 11 is 2.17. The summed E-state index contributed by atoms with van der Waals surface area (Å²) in [6.45, 7) is 8.57. The van der Waals surface area contributed by atoms with Crippen molar-refractivity contribution in [2.45, 2.75) is 39.2 Å². The van der Waals surface area contributed by atoms with Crippen molar-refractivity contribution in [1.82, 2.24) is 0 Å². The van der Waals surface area contributed by atoms with Gasteiger partial charge in [0.15, 0.2) is 0 Å². The number of carbonyl (C=O) groups is 1. The van der Waals surface area contributed by atoms with Crippen LogP contribution in [0.1, 0.15) is 44.9 Å². The molecule has 0 saturated heterocycles. The quantitative estimate of drug-likeness (QED) is 0.665. The third kappa shape index (κ3) is 3.38. The number of benzene rings is 1. The number of methoxy groups -OCH3 is 1. The molecule has 0 saturated carbocycles. The second-order valence-electron chi connectivity index (χ2n) is 6.72. The van der Waals surface area contributed by atoms with Gasteiger partial charge < -0.3 is 9.47 Å². The Labute approximate surface area is 146 Å². The normalized spacial score (nSPS) is 23.6. The van der Waals surface area contributed by atoms with Gasteiger partial charge in [-0.1, -0.05) is 49.4 Å². The summed E-state index contributed by atoms with van der Waals surface area (Å²) in [5.74, 6) is 0.616. The fraction of sp³-hybridized carbons (Fsp3) is 0.500. The average Bonchev–Trinajstić information content (AvgIpc) is 2.61. The number of rotatable bonds is 2. The van der Waals surface area contributed by atoms with E-state index in [9.17, 15) is 4.79 Å². The molecule has 120 valence electrons. The number of Topliss-reactive ketones (excluding diaryl/α,β-unsaturated/α-hetero) is 1. The van der Waals surface area contributed by atoms with E-state index in [0.29, 0.717) is 6.61 Å². The summed E-state index contributed by atoms with van der Waals surface area (Å²) in [4.78, 5) is 12.2. The van der Waals surface area contributed by atoms with E-state index in [2.05, 4.69) is 55.5 Å². The van der Waals surface area contributed by atoms with Gasteiger partial charge in [0.2, 0.25) is 0 Å². The lowest BCUT2D eigenvalue weighted by Crippen LogP contribution is -2.24. The fourth-order valence-electron chi connectivity index (χ4n) is 2.83. The van der Waals surface area contributed by atoms with E-state index in [-0.39, 0.29) is 23.2 Å². The zero-order valence-corrected chi connectivity index (χ0v) is 15.9. The second kappa shape index (κ2) is 6.71. The first-order valence-corrected chi connectivity index (χ1v) is 8.63. The smallest absolute Gasteiger partial charge is 0.140 e. The van der Waals surface area contributed by atoms with Crippen LogP contribution in [0.4, 0.5) is 0 Å². The molecule has 0 aliphatic carbocycles. The number of ether oxygens (including phenoxy) is 2. The molecule has 3 nitrogen and oxygen atoms in total. The number of halogens is 1. The summed E-state index contributed by atoms with van der Waals surface area (Å²) in [5.41, 5.74) is 3.17. The minimum atomic E-state index is -0.307. The predicted molar refractivity (Wildman–Crippen MR) is 96.7 cm³/mol. The molecule has 22 heavy (non-hydrogen) atoms. The van der Waals surface area contributed by atoms with Crippen LogP contribution in [0.2, 0.25) is 0 Å². The Hall–Kier alpha value is -0.880. The summed E-state index contributed by atoms with van der Waals surface area (Å²) < 4.78 is 13.6.